The van der Waals surface area contributed by atoms with Gasteiger partial charge in [0.25, 0.3) is 0 Å². The number of aryl methyl sites for hydroxylation is 1. The van der Waals surface area contributed by atoms with Crippen molar-refractivity contribution in [1.29, 1.82) is 0 Å². The Morgan fingerprint density at radius 3 is 2.88 bits per heavy atom. The van der Waals surface area contributed by atoms with Crippen molar-refractivity contribution in [3.8, 4) is 0 Å². The zero-order chi connectivity index (χ0) is 12.0. The Hall–Kier alpha value is -0.350. The summed E-state index contributed by atoms with van der Waals surface area (Å²) in [6, 6.07) is 0.571. The number of nitrogens with zero attached hydrogens (tertiary/aromatic N) is 2. The van der Waals surface area contributed by atoms with E-state index >= 15 is 0 Å². The Kier molecular flexibility index (Phi) is 6.06. The summed E-state index contributed by atoms with van der Waals surface area (Å²) in [5, 5.41) is 7.81. The van der Waals surface area contributed by atoms with Gasteiger partial charge in [-0.3, -0.25) is 4.68 Å². The van der Waals surface area contributed by atoms with Crippen LogP contribution in [-0.4, -0.2) is 22.4 Å². The van der Waals surface area contributed by atoms with Crippen LogP contribution in [-0.2, 0) is 13.0 Å². The lowest BCUT2D eigenvalue weighted by Crippen LogP contribution is -2.26. The summed E-state index contributed by atoms with van der Waals surface area (Å²) in [4.78, 5) is 0. The first kappa shape index (κ1) is 13.7. The molecule has 92 valence electrons. The SMILES string of the molecule is CCCn1ncc(Br)c1CCC(C)NCC. The van der Waals surface area contributed by atoms with Crippen molar-refractivity contribution < 1.29 is 0 Å². The first-order valence-corrected chi connectivity index (χ1v) is 6.91. The fraction of sp³-hybridized carbons (Fsp3) is 0.750. The third-order valence-corrected chi connectivity index (χ3v) is 3.36. The number of aromatic nitrogens is 2. The van der Waals surface area contributed by atoms with Crippen LogP contribution in [0.3, 0.4) is 0 Å². The van der Waals surface area contributed by atoms with E-state index in [1.54, 1.807) is 0 Å². The molecule has 1 rings (SSSR count). The topological polar surface area (TPSA) is 29.9 Å². The van der Waals surface area contributed by atoms with Crippen LogP contribution in [0.1, 0.15) is 39.3 Å². The van der Waals surface area contributed by atoms with Gasteiger partial charge < -0.3 is 5.32 Å². The Balaban J connectivity index is 2.54. The highest BCUT2D eigenvalue weighted by atomic mass is 79.9. The van der Waals surface area contributed by atoms with Crippen LogP contribution in [0.2, 0.25) is 0 Å². The summed E-state index contributed by atoms with van der Waals surface area (Å²) in [6.45, 7) is 8.61. The normalized spacial score (nSPS) is 13.0. The molecule has 3 nitrogen and oxygen atoms in total. The second-order valence-corrected chi connectivity index (χ2v) is 5.01. The van der Waals surface area contributed by atoms with Crippen LogP contribution in [0.25, 0.3) is 0 Å². The number of hydrogen-bond donors (Lipinski definition) is 1. The predicted octanol–water partition coefficient (Wildman–Crippen LogP) is 2.99. The molecule has 1 unspecified atom stereocenters. The predicted molar refractivity (Wildman–Crippen MR) is 71.7 cm³/mol. The average molecular weight is 288 g/mol. The molecule has 4 heteroatoms. The molecular weight excluding hydrogens is 266 g/mol. The second kappa shape index (κ2) is 7.07. The Bertz CT molecular complexity index is 309. The number of hydrogen-bond acceptors (Lipinski definition) is 2. The molecule has 1 atom stereocenters. The largest absolute Gasteiger partial charge is 0.315 e. The van der Waals surface area contributed by atoms with Gasteiger partial charge in [0.2, 0.25) is 0 Å². The Morgan fingerprint density at radius 2 is 2.25 bits per heavy atom. The highest BCUT2D eigenvalue weighted by Gasteiger charge is 2.09. The number of nitrogens with one attached hydrogen (secondary N) is 1. The van der Waals surface area contributed by atoms with Gasteiger partial charge in [-0.15, -0.1) is 0 Å². The van der Waals surface area contributed by atoms with E-state index in [0.717, 1.165) is 36.8 Å². The molecule has 0 saturated heterocycles. The smallest absolute Gasteiger partial charge is 0.0635 e. The van der Waals surface area contributed by atoms with E-state index in [4.69, 9.17) is 0 Å². The maximum Gasteiger partial charge on any atom is 0.0635 e. The molecule has 0 aliphatic carbocycles. The van der Waals surface area contributed by atoms with E-state index in [1.165, 1.54) is 5.69 Å². The molecule has 0 fully saturated rings. The van der Waals surface area contributed by atoms with Crippen molar-refractivity contribution >= 4 is 15.9 Å². The minimum atomic E-state index is 0.571. The van der Waals surface area contributed by atoms with E-state index in [2.05, 4.69) is 51.8 Å². The maximum atomic E-state index is 4.38. The molecule has 1 aromatic rings. The van der Waals surface area contributed by atoms with Crippen LogP contribution < -0.4 is 5.32 Å². The minimum Gasteiger partial charge on any atom is -0.315 e. The molecule has 16 heavy (non-hydrogen) atoms. The van der Waals surface area contributed by atoms with Crippen LogP contribution in [0.4, 0.5) is 0 Å². The third-order valence-electron chi connectivity index (χ3n) is 2.70. The minimum absolute atomic E-state index is 0.571. The maximum absolute atomic E-state index is 4.38. The van der Waals surface area contributed by atoms with Gasteiger partial charge in [0.1, 0.15) is 0 Å². The van der Waals surface area contributed by atoms with E-state index in [-0.39, 0.29) is 0 Å². The lowest BCUT2D eigenvalue weighted by molar-refractivity contribution is 0.506. The zero-order valence-corrected chi connectivity index (χ0v) is 12.0. The molecule has 1 N–H and O–H groups in total. The van der Waals surface area contributed by atoms with Crippen molar-refractivity contribution in [1.82, 2.24) is 15.1 Å². The van der Waals surface area contributed by atoms with Gasteiger partial charge in [-0.2, -0.15) is 5.10 Å². The summed E-state index contributed by atoms with van der Waals surface area (Å²) in [6.07, 6.45) is 5.27. The van der Waals surface area contributed by atoms with Crippen LogP contribution in [0.15, 0.2) is 10.7 Å². The quantitative estimate of drug-likeness (QED) is 0.836. The van der Waals surface area contributed by atoms with Crippen molar-refractivity contribution in [2.24, 2.45) is 0 Å². The van der Waals surface area contributed by atoms with Gasteiger partial charge in [0, 0.05) is 12.6 Å². The second-order valence-electron chi connectivity index (χ2n) is 4.16. The number of halogens is 1. The number of rotatable bonds is 7. The van der Waals surface area contributed by atoms with Crippen LogP contribution in [0.5, 0.6) is 0 Å². The van der Waals surface area contributed by atoms with E-state index in [9.17, 15) is 0 Å². The molecule has 1 heterocycles. The molecule has 0 aliphatic heterocycles. The molecule has 1 aromatic heterocycles. The molecule has 0 bridgehead atoms. The molecular formula is C12H22BrN3. The van der Waals surface area contributed by atoms with Gasteiger partial charge in [-0.05, 0) is 48.7 Å². The lowest BCUT2D eigenvalue weighted by atomic mass is 10.1. The van der Waals surface area contributed by atoms with Gasteiger partial charge in [-0.1, -0.05) is 13.8 Å². The molecule has 0 radical (unpaired) electrons. The van der Waals surface area contributed by atoms with E-state index in [1.807, 2.05) is 6.20 Å². The van der Waals surface area contributed by atoms with Crippen LogP contribution >= 0.6 is 15.9 Å². The standard InChI is InChI=1S/C12H22BrN3/c1-4-8-16-12(11(13)9-15-16)7-6-10(3)14-5-2/h9-10,14H,4-8H2,1-3H3. The van der Waals surface area contributed by atoms with Gasteiger partial charge in [0.05, 0.1) is 16.4 Å². The van der Waals surface area contributed by atoms with Crippen molar-refractivity contribution in [2.45, 2.75) is 52.6 Å². The summed E-state index contributed by atoms with van der Waals surface area (Å²) in [5.74, 6) is 0. The van der Waals surface area contributed by atoms with Crippen molar-refractivity contribution in [3.63, 3.8) is 0 Å². The molecule has 0 spiro atoms. The van der Waals surface area contributed by atoms with Crippen molar-refractivity contribution in [2.75, 3.05) is 6.54 Å². The molecule has 0 aromatic carbocycles. The third kappa shape index (κ3) is 3.91. The molecule has 0 aliphatic rings. The summed E-state index contributed by atoms with van der Waals surface area (Å²) >= 11 is 3.57. The highest BCUT2D eigenvalue weighted by molar-refractivity contribution is 9.10. The fourth-order valence-corrected chi connectivity index (χ4v) is 2.34. The van der Waals surface area contributed by atoms with Crippen LogP contribution in [0, 0.1) is 0 Å². The molecule has 0 amide bonds. The van der Waals surface area contributed by atoms with Gasteiger partial charge >= 0.3 is 0 Å². The monoisotopic (exact) mass is 287 g/mol. The first-order valence-electron chi connectivity index (χ1n) is 6.12. The lowest BCUT2D eigenvalue weighted by Gasteiger charge is -2.13. The highest BCUT2D eigenvalue weighted by Crippen LogP contribution is 2.18. The van der Waals surface area contributed by atoms with E-state index in [0.29, 0.717) is 6.04 Å². The summed E-state index contributed by atoms with van der Waals surface area (Å²) < 4.78 is 3.26. The van der Waals surface area contributed by atoms with E-state index < -0.39 is 0 Å². The fourth-order valence-electron chi connectivity index (χ4n) is 1.84. The summed E-state index contributed by atoms with van der Waals surface area (Å²) in [7, 11) is 0. The molecule has 0 saturated carbocycles. The van der Waals surface area contributed by atoms with Gasteiger partial charge in [-0.25, -0.2) is 0 Å². The summed E-state index contributed by atoms with van der Waals surface area (Å²) in [5.41, 5.74) is 1.33. The zero-order valence-electron chi connectivity index (χ0n) is 10.5. The van der Waals surface area contributed by atoms with Gasteiger partial charge in [0.15, 0.2) is 0 Å². The average Bonchev–Trinajstić information content (AvgIpc) is 2.58. The first-order chi connectivity index (χ1) is 7.69. The van der Waals surface area contributed by atoms with Crippen molar-refractivity contribution in [3.05, 3.63) is 16.4 Å². The Morgan fingerprint density at radius 1 is 1.50 bits per heavy atom. The Labute approximate surface area is 107 Å².